The van der Waals surface area contributed by atoms with Crippen molar-refractivity contribution in [1.82, 2.24) is 9.69 Å². The van der Waals surface area contributed by atoms with Crippen LogP contribution < -0.4 is 25.4 Å². The lowest BCUT2D eigenvalue weighted by molar-refractivity contribution is -0.123. The van der Waals surface area contributed by atoms with Crippen LogP contribution in [0.1, 0.15) is 47.0 Å². The summed E-state index contributed by atoms with van der Waals surface area (Å²) in [6, 6.07) is 18.6. The van der Waals surface area contributed by atoms with Crippen molar-refractivity contribution in [1.29, 1.82) is 0 Å². The number of benzene rings is 3. The van der Waals surface area contributed by atoms with Crippen LogP contribution in [0.4, 0.5) is 15.8 Å². The Morgan fingerprint density at radius 2 is 1.54 bits per heavy atom. The highest BCUT2D eigenvalue weighted by Gasteiger charge is 2.37. The zero-order valence-corrected chi connectivity index (χ0v) is 23.6. The number of nitrogens with zero attached hydrogens (tertiary/aromatic N) is 2. The van der Waals surface area contributed by atoms with Crippen LogP contribution in [0.25, 0.3) is 11.3 Å². The van der Waals surface area contributed by atoms with Gasteiger partial charge in [0, 0.05) is 17.3 Å². The van der Waals surface area contributed by atoms with Crippen LogP contribution in [0.2, 0.25) is 0 Å². The number of carbonyl (C=O) groups excluding carboxylic acids is 2. The molecule has 10 heteroatoms. The van der Waals surface area contributed by atoms with Crippen LogP contribution >= 0.6 is 11.5 Å². The summed E-state index contributed by atoms with van der Waals surface area (Å²) in [5.74, 6) is -0.0280. The van der Waals surface area contributed by atoms with E-state index in [-0.39, 0.29) is 22.5 Å². The molecule has 1 saturated carbocycles. The van der Waals surface area contributed by atoms with Gasteiger partial charge in [-0.3, -0.25) is 14.5 Å². The van der Waals surface area contributed by atoms with Gasteiger partial charge < -0.3 is 20.5 Å². The highest BCUT2D eigenvalue weighted by atomic mass is 32.1. The van der Waals surface area contributed by atoms with Crippen molar-refractivity contribution in [2.45, 2.75) is 37.8 Å². The summed E-state index contributed by atoms with van der Waals surface area (Å²) in [6.45, 7) is 0. The Kier molecular flexibility index (Phi) is 8.49. The average Bonchev–Trinajstić information content (AvgIpc) is 3.65. The molecule has 1 atom stereocenters. The summed E-state index contributed by atoms with van der Waals surface area (Å²) in [7, 11) is 3.13. The van der Waals surface area contributed by atoms with Crippen LogP contribution in [0.5, 0.6) is 11.5 Å². The first-order chi connectivity index (χ1) is 19.9. The second-order valence-electron chi connectivity index (χ2n) is 9.82. The van der Waals surface area contributed by atoms with E-state index >= 15 is 0 Å². The summed E-state index contributed by atoms with van der Waals surface area (Å²) in [5, 5.41) is 3.14. The molecule has 2 amide bonds. The van der Waals surface area contributed by atoms with Gasteiger partial charge in [-0.2, -0.15) is 4.37 Å². The Morgan fingerprint density at radius 3 is 2.12 bits per heavy atom. The predicted octanol–water partition coefficient (Wildman–Crippen LogP) is 6.00. The fraction of sp³-hybridized carbons (Fsp3) is 0.258. The van der Waals surface area contributed by atoms with E-state index < -0.39 is 17.8 Å². The number of methoxy groups -OCH3 is 2. The number of hydrogen-bond acceptors (Lipinski definition) is 7. The third-order valence-electron chi connectivity index (χ3n) is 7.25. The standard InChI is InChI=1S/C31H31FN4O4S/c1-39-24-15-7-19(8-16-24)27-26(33)29(41-35-27)31(38)36(23-13-11-21(32)12-14-23)28(20-9-17-25(40-2)18-10-20)30(37)34-22-5-3-4-6-22/h7-18,22,28H,3-6,33H2,1-2H3,(H,34,37)/t28-/m0/s1. The highest BCUT2D eigenvalue weighted by molar-refractivity contribution is 7.09. The molecule has 4 aromatic rings. The molecule has 0 aliphatic heterocycles. The first-order valence-electron chi connectivity index (χ1n) is 13.3. The quantitative estimate of drug-likeness (QED) is 0.254. The normalized spacial score (nSPS) is 13.9. The first kappa shape index (κ1) is 28.1. The van der Waals surface area contributed by atoms with Crippen LogP contribution in [-0.2, 0) is 4.79 Å². The van der Waals surface area contributed by atoms with Crippen LogP contribution in [-0.4, -0.2) is 36.4 Å². The van der Waals surface area contributed by atoms with E-state index in [1.54, 1.807) is 50.6 Å². The van der Waals surface area contributed by atoms with Crippen LogP contribution in [0.3, 0.4) is 0 Å². The van der Waals surface area contributed by atoms with Gasteiger partial charge in [0.15, 0.2) is 0 Å². The monoisotopic (exact) mass is 574 g/mol. The predicted molar refractivity (Wildman–Crippen MR) is 158 cm³/mol. The molecule has 3 N–H and O–H groups in total. The van der Waals surface area contributed by atoms with Gasteiger partial charge in [-0.05, 0) is 90.6 Å². The van der Waals surface area contributed by atoms with Crippen molar-refractivity contribution in [3.05, 3.63) is 89.1 Å². The molecule has 1 aromatic heterocycles. The number of carbonyl (C=O) groups is 2. The number of amides is 2. The molecule has 0 unspecified atom stereocenters. The number of hydrogen-bond donors (Lipinski definition) is 2. The van der Waals surface area contributed by atoms with Gasteiger partial charge >= 0.3 is 0 Å². The molecule has 3 aromatic carbocycles. The molecule has 8 nitrogen and oxygen atoms in total. The Hall–Kier alpha value is -4.44. The summed E-state index contributed by atoms with van der Waals surface area (Å²) in [6.07, 6.45) is 3.81. The second-order valence-corrected chi connectivity index (χ2v) is 10.6. The molecule has 5 rings (SSSR count). The molecule has 1 heterocycles. The maximum Gasteiger partial charge on any atom is 0.273 e. The Bertz CT molecular complexity index is 1500. The van der Waals surface area contributed by atoms with Crippen molar-refractivity contribution in [2.75, 3.05) is 24.9 Å². The van der Waals surface area contributed by atoms with Gasteiger partial charge in [0.25, 0.3) is 5.91 Å². The molecule has 0 radical (unpaired) electrons. The summed E-state index contributed by atoms with van der Waals surface area (Å²) >= 11 is 0.955. The Morgan fingerprint density at radius 1 is 0.951 bits per heavy atom. The highest BCUT2D eigenvalue weighted by Crippen LogP contribution is 2.37. The molecule has 41 heavy (non-hydrogen) atoms. The van der Waals surface area contributed by atoms with E-state index in [9.17, 15) is 14.0 Å². The number of anilines is 2. The minimum absolute atomic E-state index is 0.0172. The van der Waals surface area contributed by atoms with Crippen LogP contribution in [0.15, 0.2) is 72.8 Å². The zero-order valence-electron chi connectivity index (χ0n) is 22.8. The molecular formula is C31H31FN4O4S. The Balaban J connectivity index is 1.59. The number of nitrogens with two attached hydrogens (primary N) is 1. The van der Waals surface area contributed by atoms with E-state index in [4.69, 9.17) is 15.2 Å². The number of halogens is 1. The van der Waals surface area contributed by atoms with Crippen molar-refractivity contribution in [3.8, 4) is 22.8 Å². The van der Waals surface area contributed by atoms with Gasteiger partial charge in [0.05, 0.1) is 19.9 Å². The molecule has 212 valence electrons. The minimum Gasteiger partial charge on any atom is -0.497 e. The van der Waals surface area contributed by atoms with E-state index in [1.165, 1.54) is 29.2 Å². The zero-order chi connectivity index (χ0) is 28.9. The van der Waals surface area contributed by atoms with Gasteiger partial charge in [-0.1, -0.05) is 25.0 Å². The molecule has 0 bridgehead atoms. The molecule has 1 aliphatic carbocycles. The minimum atomic E-state index is -1.06. The fourth-order valence-corrected chi connectivity index (χ4v) is 5.82. The lowest BCUT2D eigenvalue weighted by atomic mass is 10.0. The maximum absolute atomic E-state index is 14.4. The third-order valence-corrected chi connectivity index (χ3v) is 8.10. The molecule has 0 saturated heterocycles. The van der Waals surface area contributed by atoms with Gasteiger partial charge in [0.2, 0.25) is 5.91 Å². The summed E-state index contributed by atoms with van der Waals surface area (Å²) < 4.78 is 29.0. The average molecular weight is 575 g/mol. The largest absolute Gasteiger partial charge is 0.497 e. The Labute approximate surface area is 242 Å². The topological polar surface area (TPSA) is 107 Å². The number of ether oxygens (including phenoxy) is 2. The smallest absolute Gasteiger partial charge is 0.273 e. The van der Waals surface area contributed by atoms with Crippen molar-refractivity contribution >= 4 is 34.7 Å². The lowest BCUT2D eigenvalue weighted by Gasteiger charge is -2.32. The van der Waals surface area contributed by atoms with Crippen molar-refractivity contribution in [3.63, 3.8) is 0 Å². The fourth-order valence-electron chi connectivity index (χ4n) is 5.06. The van der Waals surface area contributed by atoms with E-state index in [2.05, 4.69) is 9.69 Å². The molecule has 1 aliphatic rings. The van der Waals surface area contributed by atoms with Gasteiger partial charge in [-0.15, -0.1) is 0 Å². The third kappa shape index (κ3) is 6.02. The number of nitrogen functional groups attached to an aromatic ring is 1. The van der Waals surface area contributed by atoms with Gasteiger partial charge in [0.1, 0.15) is 33.9 Å². The van der Waals surface area contributed by atoms with E-state index in [0.29, 0.717) is 28.4 Å². The first-order valence-corrected chi connectivity index (χ1v) is 14.1. The lowest BCUT2D eigenvalue weighted by Crippen LogP contribution is -2.46. The second kappa shape index (κ2) is 12.4. The maximum atomic E-state index is 14.4. The molecule has 1 fully saturated rings. The summed E-state index contributed by atoms with van der Waals surface area (Å²) in [5.41, 5.74) is 8.81. The van der Waals surface area contributed by atoms with E-state index in [1.807, 2.05) is 12.1 Å². The van der Waals surface area contributed by atoms with Crippen molar-refractivity contribution in [2.24, 2.45) is 0 Å². The van der Waals surface area contributed by atoms with Crippen LogP contribution in [0, 0.1) is 5.82 Å². The van der Waals surface area contributed by atoms with E-state index in [0.717, 1.165) is 42.8 Å². The number of nitrogens with one attached hydrogen (secondary N) is 1. The SMILES string of the molecule is COc1ccc(-c2nsc(C(=O)N(c3ccc(F)cc3)[C@H](C(=O)NC3CCCC3)c3ccc(OC)cc3)c2N)cc1. The number of rotatable bonds is 9. The van der Waals surface area contributed by atoms with Gasteiger partial charge in [-0.25, -0.2) is 4.39 Å². The molecular weight excluding hydrogens is 543 g/mol. The van der Waals surface area contributed by atoms with Crippen molar-refractivity contribution < 1.29 is 23.5 Å². The number of aromatic nitrogens is 1. The summed E-state index contributed by atoms with van der Waals surface area (Å²) in [4.78, 5) is 29.9. The molecule has 0 spiro atoms.